The van der Waals surface area contributed by atoms with Crippen LogP contribution >= 0.6 is 0 Å². The number of urea groups is 1. The van der Waals surface area contributed by atoms with Crippen molar-refractivity contribution in [1.82, 2.24) is 15.5 Å². The van der Waals surface area contributed by atoms with Crippen molar-refractivity contribution in [1.29, 1.82) is 5.26 Å². The highest BCUT2D eigenvalue weighted by molar-refractivity contribution is 6.09. The van der Waals surface area contributed by atoms with Gasteiger partial charge < -0.3 is 15.1 Å². The van der Waals surface area contributed by atoms with Gasteiger partial charge in [0.05, 0.1) is 6.07 Å². The largest absolute Gasteiger partial charge is 0.458 e. The van der Waals surface area contributed by atoms with E-state index < -0.39 is 35.5 Å². The number of nitrogens with one attached hydrogen (secondary N) is 2. The number of benzene rings is 1. The monoisotopic (exact) mass is 408 g/mol. The second-order valence-corrected chi connectivity index (χ2v) is 8.25. The van der Waals surface area contributed by atoms with Crippen molar-refractivity contribution >= 4 is 28.8 Å². The summed E-state index contributed by atoms with van der Waals surface area (Å²) in [5, 5.41) is 15.9. The lowest BCUT2D eigenvalue weighted by Gasteiger charge is -2.27. The van der Waals surface area contributed by atoms with E-state index in [9.17, 15) is 19.6 Å². The van der Waals surface area contributed by atoms with Crippen LogP contribution in [-0.2, 0) is 15.1 Å². The van der Waals surface area contributed by atoms with E-state index in [-0.39, 0.29) is 0 Å². The highest BCUT2D eigenvalue weighted by Gasteiger charge is 2.52. The number of para-hydroxylation sites is 1. The lowest BCUT2D eigenvalue weighted by atomic mass is 9.92. The summed E-state index contributed by atoms with van der Waals surface area (Å²) in [6.45, 7) is 1.12. The molecule has 2 aromatic rings. The molecule has 0 spiro atoms. The second-order valence-electron chi connectivity index (χ2n) is 8.25. The molecule has 0 bridgehead atoms. The number of nitriles is 1. The third-order valence-corrected chi connectivity index (χ3v) is 6.04. The minimum atomic E-state index is -1.40. The molecule has 1 saturated carbocycles. The molecule has 2 fully saturated rings. The topological polar surface area (TPSA) is 115 Å². The first-order valence-corrected chi connectivity index (χ1v) is 10.2. The zero-order chi connectivity index (χ0) is 21.4. The molecule has 30 heavy (non-hydrogen) atoms. The predicted molar refractivity (Wildman–Crippen MR) is 108 cm³/mol. The summed E-state index contributed by atoms with van der Waals surface area (Å²) in [6, 6.07) is 10.6. The van der Waals surface area contributed by atoms with E-state index in [0.717, 1.165) is 36.0 Å². The molecule has 0 radical (unpaired) electrons. The Morgan fingerprint density at radius 2 is 1.93 bits per heavy atom. The van der Waals surface area contributed by atoms with Gasteiger partial charge in [-0.3, -0.25) is 14.5 Å². The summed E-state index contributed by atoms with van der Waals surface area (Å²) in [5.41, 5.74) is -1.73. The predicted octanol–water partition coefficient (Wildman–Crippen LogP) is 2.93. The van der Waals surface area contributed by atoms with E-state index in [2.05, 4.69) is 16.7 Å². The maximum Gasteiger partial charge on any atom is 0.325 e. The minimum absolute atomic E-state index is 0.308. The van der Waals surface area contributed by atoms with Crippen LogP contribution in [-0.4, -0.2) is 34.8 Å². The quantitative estimate of drug-likeness (QED) is 0.596. The smallest absolute Gasteiger partial charge is 0.325 e. The van der Waals surface area contributed by atoms with Gasteiger partial charge in [0.1, 0.15) is 23.4 Å². The van der Waals surface area contributed by atoms with Gasteiger partial charge in [-0.1, -0.05) is 43.9 Å². The number of nitrogens with zero attached hydrogens (tertiary/aromatic N) is 2. The van der Waals surface area contributed by atoms with Crippen molar-refractivity contribution in [2.24, 2.45) is 0 Å². The van der Waals surface area contributed by atoms with Gasteiger partial charge in [-0.15, -0.1) is 0 Å². The van der Waals surface area contributed by atoms with Gasteiger partial charge in [-0.25, -0.2) is 4.79 Å². The Balaban J connectivity index is 1.51. The zero-order valence-corrected chi connectivity index (χ0v) is 16.9. The Morgan fingerprint density at radius 3 is 2.60 bits per heavy atom. The number of amides is 4. The van der Waals surface area contributed by atoms with Gasteiger partial charge in [-0.05, 0) is 31.9 Å². The fourth-order valence-corrected chi connectivity index (χ4v) is 4.28. The number of rotatable bonds is 4. The summed E-state index contributed by atoms with van der Waals surface area (Å²) < 4.78 is 5.79. The normalized spacial score (nSPS) is 23.7. The maximum absolute atomic E-state index is 13.1. The Kier molecular flexibility index (Phi) is 4.98. The lowest BCUT2D eigenvalue weighted by Crippen LogP contribution is -2.51. The molecule has 8 nitrogen and oxygen atoms in total. The first-order valence-electron chi connectivity index (χ1n) is 10.2. The highest BCUT2D eigenvalue weighted by atomic mass is 16.3. The lowest BCUT2D eigenvalue weighted by molar-refractivity contribution is -0.135. The van der Waals surface area contributed by atoms with Crippen LogP contribution in [0.2, 0.25) is 0 Å². The van der Waals surface area contributed by atoms with Gasteiger partial charge in [-0.2, -0.15) is 5.26 Å². The van der Waals surface area contributed by atoms with Crippen molar-refractivity contribution in [3.8, 4) is 6.07 Å². The third-order valence-electron chi connectivity index (χ3n) is 6.04. The van der Waals surface area contributed by atoms with E-state index in [4.69, 9.17) is 4.42 Å². The number of fused-ring (bicyclic) bond motifs is 1. The molecule has 1 aliphatic carbocycles. The molecule has 156 valence electrons. The van der Waals surface area contributed by atoms with Gasteiger partial charge >= 0.3 is 6.03 Å². The van der Waals surface area contributed by atoms with Crippen LogP contribution < -0.4 is 10.6 Å². The molecule has 8 heteroatoms. The Hall–Kier alpha value is -3.34. The molecule has 1 unspecified atom stereocenters. The molecule has 2 N–H and O–H groups in total. The van der Waals surface area contributed by atoms with Crippen LogP contribution in [0.25, 0.3) is 11.0 Å². The molecular formula is C22H24N4O4. The molecule has 1 aromatic carbocycles. The van der Waals surface area contributed by atoms with Gasteiger partial charge in [0.2, 0.25) is 5.91 Å². The number of furan rings is 1. The Morgan fingerprint density at radius 1 is 1.23 bits per heavy atom. The van der Waals surface area contributed by atoms with Gasteiger partial charge in [0.15, 0.2) is 5.54 Å². The number of imide groups is 1. The summed E-state index contributed by atoms with van der Waals surface area (Å²) in [7, 11) is 0. The molecule has 1 saturated heterocycles. The van der Waals surface area contributed by atoms with Crippen LogP contribution in [0.1, 0.15) is 51.2 Å². The summed E-state index contributed by atoms with van der Waals surface area (Å²) in [6.07, 6.45) is 4.94. The molecule has 2 aliphatic rings. The van der Waals surface area contributed by atoms with Crippen molar-refractivity contribution in [3.05, 3.63) is 36.1 Å². The van der Waals surface area contributed by atoms with E-state index in [0.29, 0.717) is 24.2 Å². The first kappa shape index (κ1) is 20.0. The van der Waals surface area contributed by atoms with E-state index >= 15 is 0 Å². The van der Waals surface area contributed by atoms with Crippen molar-refractivity contribution < 1.29 is 18.8 Å². The van der Waals surface area contributed by atoms with E-state index in [1.54, 1.807) is 19.1 Å². The summed E-state index contributed by atoms with van der Waals surface area (Å²) in [4.78, 5) is 39.2. The average molecular weight is 408 g/mol. The van der Waals surface area contributed by atoms with Crippen LogP contribution in [0.3, 0.4) is 0 Å². The number of hydrogen-bond donors (Lipinski definition) is 2. The summed E-state index contributed by atoms with van der Waals surface area (Å²) >= 11 is 0. The van der Waals surface area contributed by atoms with Crippen LogP contribution in [0.5, 0.6) is 0 Å². The number of carbonyl (C=O) groups is 3. The highest BCUT2D eigenvalue weighted by Crippen LogP contribution is 2.33. The summed E-state index contributed by atoms with van der Waals surface area (Å²) in [5.74, 6) is -0.772. The molecule has 1 atom stereocenters. The van der Waals surface area contributed by atoms with E-state index in [1.165, 1.54) is 0 Å². The number of hydrogen-bond acceptors (Lipinski definition) is 5. The SMILES string of the molecule is CC1(c2cc3ccccc3o2)NC(=O)N(CC(=O)NC2(C#N)CCCCCC2)C1=O. The molecule has 4 rings (SSSR count). The first-order chi connectivity index (χ1) is 14.4. The van der Waals surface area contributed by atoms with Crippen molar-refractivity contribution in [2.45, 2.75) is 56.5 Å². The van der Waals surface area contributed by atoms with E-state index in [1.807, 2.05) is 18.2 Å². The van der Waals surface area contributed by atoms with Crippen LogP contribution in [0.4, 0.5) is 4.79 Å². The Bertz CT molecular complexity index is 1010. The maximum atomic E-state index is 13.1. The average Bonchev–Trinajstić information content (AvgIpc) is 3.15. The molecule has 2 heterocycles. The molecule has 1 aromatic heterocycles. The van der Waals surface area contributed by atoms with Crippen molar-refractivity contribution in [3.63, 3.8) is 0 Å². The van der Waals surface area contributed by atoms with Gasteiger partial charge in [0, 0.05) is 5.39 Å². The van der Waals surface area contributed by atoms with Crippen molar-refractivity contribution in [2.75, 3.05) is 6.54 Å². The minimum Gasteiger partial charge on any atom is -0.458 e. The van der Waals surface area contributed by atoms with Crippen LogP contribution in [0, 0.1) is 11.3 Å². The Labute approximate surface area is 174 Å². The third kappa shape index (κ3) is 3.41. The fourth-order valence-electron chi connectivity index (χ4n) is 4.28. The van der Waals surface area contributed by atoms with Crippen LogP contribution in [0.15, 0.2) is 34.7 Å². The molecule has 4 amide bonds. The fraction of sp³-hybridized carbons (Fsp3) is 0.455. The standard InChI is InChI=1S/C22H24N4O4/c1-21(17-12-15-8-4-5-9-16(15)30-17)19(28)26(20(29)25-21)13-18(27)24-22(14-23)10-6-2-3-7-11-22/h4-5,8-9,12H,2-3,6-7,10-11,13H2,1H3,(H,24,27)(H,25,29). The number of carbonyl (C=O) groups excluding carboxylic acids is 3. The second kappa shape index (κ2) is 7.48. The van der Waals surface area contributed by atoms with Gasteiger partial charge in [0.25, 0.3) is 5.91 Å². The zero-order valence-electron chi connectivity index (χ0n) is 16.9. The molecule has 1 aliphatic heterocycles. The molecular weight excluding hydrogens is 384 g/mol.